The van der Waals surface area contributed by atoms with E-state index in [4.69, 9.17) is 11.6 Å². The molecule has 0 spiro atoms. The van der Waals surface area contributed by atoms with Gasteiger partial charge in [-0.05, 0) is 23.1 Å². The first-order valence-electron chi connectivity index (χ1n) is 6.09. The number of fused-ring (bicyclic) bond motifs is 3. The second kappa shape index (κ2) is 3.97. The van der Waals surface area contributed by atoms with Crippen LogP contribution in [0.15, 0.2) is 36.4 Å². The summed E-state index contributed by atoms with van der Waals surface area (Å²) in [7, 11) is 0. The number of rotatable bonds is 0. The van der Waals surface area contributed by atoms with Gasteiger partial charge in [-0.2, -0.15) is 0 Å². The van der Waals surface area contributed by atoms with Crippen LogP contribution in [0, 0.1) is 0 Å². The van der Waals surface area contributed by atoms with Crippen molar-refractivity contribution >= 4 is 43.1 Å². The molecule has 92 valence electrons. The maximum Gasteiger partial charge on any atom is 0.0499 e. The van der Waals surface area contributed by atoms with E-state index in [1.807, 2.05) is 23.5 Å². The zero-order valence-electron chi connectivity index (χ0n) is 10.8. The third kappa shape index (κ3) is 1.73. The molecule has 0 fully saturated rings. The van der Waals surface area contributed by atoms with Crippen molar-refractivity contribution in [3.05, 3.63) is 47.0 Å². The fraction of sp³-hybridized carbons (Fsp3) is 0.250. The number of hydrogen-bond donors (Lipinski definition) is 0. The quantitative estimate of drug-likeness (QED) is 0.471. The molecule has 0 unspecified atom stereocenters. The number of halogens is 1. The van der Waals surface area contributed by atoms with Crippen molar-refractivity contribution in [1.82, 2.24) is 0 Å². The average Bonchev–Trinajstić information content (AvgIpc) is 2.66. The molecule has 0 saturated carbocycles. The minimum Gasteiger partial charge on any atom is -0.135 e. The van der Waals surface area contributed by atoms with Crippen LogP contribution in [0.2, 0.25) is 5.02 Å². The molecule has 0 aliphatic rings. The molecule has 3 aromatic rings. The molecule has 2 aromatic carbocycles. The molecule has 1 aromatic heterocycles. The summed E-state index contributed by atoms with van der Waals surface area (Å²) in [6.07, 6.45) is 0. The largest absolute Gasteiger partial charge is 0.135 e. The number of benzene rings is 2. The highest BCUT2D eigenvalue weighted by Gasteiger charge is 2.19. The topological polar surface area (TPSA) is 0 Å². The van der Waals surface area contributed by atoms with E-state index in [1.165, 1.54) is 25.7 Å². The molecule has 0 radical (unpaired) electrons. The summed E-state index contributed by atoms with van der Waals surface area (Å²) in [6.45, 7) is 6.77. The van der Waals surface area contributed by atoms with Gasteiger partial charge in [0.2, 0.25) is 0 Å². The highest BCUT2D eigenvalue weighted by atomic mass is 35.5. The van der Waals surface area contributed by atoms with E-state index in [1.54, 1.807) is 0 Å². The monoisotopic (exact) mass is 274 g/mol. The molecule has 2 heteroatoms. The number of thiophene rings is 1. The van der Waals surface area contributed by atoms with Crippen molar-refractivity contribution in [2.24, 2.45) is 0 Å². The van der Waals surface area contributed by atoms with Crippen molar-refractivity contribution in [3.63, 3.8) is 0 Å². The summed E-state index contributed by atoms with van der Waals surface area (Å²) in [5.74, 6) is 0. The smallest absolute Gasteiger partial charge is 0.0499 e. The highest BCUT2D eigenvalue weighted by Crippen LogP contribution is 2.42. The summed E-state index contributed by atoms with van der Waals surface area (Å²) in [6, 6.07) is 12.7. The molecule has 3 rings (SSSR count). The molecule has 18 heavy (non-hydrogen) atoms. The lowest BCUT2D eigenvalue weighted by Gasteiger charge is -2.19. The van der Waals surface area contributed by atoms with Gasteiger partial charge in [0.15, 0.2) is 0 Å². The molecule has 0 aliphatic heterocycles. The maximum atomic E-state index is 6.35. The molecule has 0 N–H and O–H groups in total. The lowest BCUT2D eigenvalue weighted by atomic mass is 9.86. The molecule has 1 heterocycles. The predicted octanol–water partition coefficient (Wildman–Crippen LogP) is 6.01. The van der Waals surface area contributed by atoms with Gasteiger partial charge in [-0.1, -0.05) is 56.6 Å². The Morgan fingerprint density at radius 1 is 1.00 bits per heavy atom. The van der Waals surface area contributed by atoms with Crippen molar-refractivity contribution in [2.75, 3.05) is 0 Å². The maximum absolute atomic E-state index is 6.35. The lowest BCUT2D eigenvalue weighted by Crippen LogP contribution is -2.10. The first kappa shape index (κ1) is 12.0. The van der Waals surface area contributed by atoms with E-state index in [-0.39, 0.29) is 5.41 Å². The van der Waals surface area contributed by atoms with Crippen LogP contribution in [0.1, 0.15) is 26.3 Å². The van der Waals surface area contributed by atoms with Crippen LogP contribution in [0.25, 0.3) is 20.2 Å². The van der Waals surface area contributed by atoms with Gasteiger partial charge in [-0.15, -0.1) is 11.3 Å². The van der Waals surface area contributed by atoms with E-state index < -0.39 is 0 Å². The highest BCUT2D eigenvalue weighted by molar-refractivity contribution is 7.26. The van der Waals surface area contributed by atoms with Gasteiger partial charge in [0.05, 0.1) is 0 Å². The summed E-state index contributed by atoms with van der Waals surface area (Å²) in [5, 5.41) is 3.34. The van der Waals surface area contributed by atoms with Crippen LogP contribution < -0.4 is 0 Å². The van der Waals surface area contributed by atoms with Crippen LogP contribution in [0.4, 0.5) is 0 Å². The van der Waals surface area contributed by atoms with Gasteiger partial charge in [0.1, 0.15) is 0 Å². The molecule has 0 amide bonds. The van der Waals surface area contributed by atoms with E-state index in [2.05, 4.69) is 45.0 Å². The first-order chi connectivity index (χ1) is 8.48. The Morgan fingerprint density at radius 2 is 1.72 bits per heavy atom. The van der Waals surface area contributed by atoms with Gasteiger partial charge < -0.3 is 0 Å². The van der Waals surface area contributed by atoms with Crippen LogP contribution in [0.3, 0.4) is 0 Å². The lowest BCUT2D eigenvalue weighted by molar-refractivity contribution is 0.597. The fourth-order valence-electron chi connectivity index (χ4n) is 2.40. The SMILES string of the molecule is CC(C)(C)c1cccc2c1sc1cccc(Cl)c12. The minimum atomic E-state index is 0.160. The standard InChI is InChI=1S/C16H15ClS/c1-16(2,3)11-7-4-6-10-14-12(17)8-5-9-13(14)18-15(10)11/h4-9H,1-3H3. The van der Waals surface area contributed by atoms with Gasteiger partial charge in [0, 0.05) is 25.2 Å². The Labute approximate surface area is 116 Å². The molecular formula is C16H15ClS. The van der Waals surface area contributed by atoms with E-state index in [0.717, 1.165) is 5.02 Å². The zero-order valence-corrected chi connectivity index (χ0v) is 12.3. The van der Waals surface area contributed by atoms with Gasteiger partial charge in [-0.25, -0.2) is 0 Å². The van der Waals surface area contributed by atoms with Crippen LogP contribution >= 0.6 is 22.9 Å². The van der Waals surface area contributed by atoms with Gasteiger partial charge in [0.25, 0.3) is 0 Å². The van der Waals surface area contributed by atoms with Crippen molar-refractivity contribution in [1.29, 1.82) is 0 Å². The summed E-state index contributed by atoms with van der Waals surface area (Å²) < 4.78 is 2.64. The molecule has 0 aliphatic carbocycles. The first-order valence-corrected chi connectivity index (χ1v) is 7.28. The van der Waals surface area contributed by atoms with Gasteiger partial charge >= 0.3 is 0 Å². The van der Waals surface area contributed by atoms with Crippen molar-refractivity contribution in [2.45, 2.75) is 26.2 Å². The van der Waals surface area contributed by atoms with Crippen molar-refractivity contribution < 1.29 is 0 Å². The van der Waals surface area contributed by atoms with E-state index in [0.29, 0.717) is 0 Å². The third-order valence-electron chi connectivity index (χ3n) is 3.28. The number of hydrogen-bond acceptors (Lipinski definition) is 1. The van der Waals surface area contributed by atoms with E-state index in [9.17, 15) is 0 Å². The summed E-state index contributed by atoms with van der Waals surface area (Å²) >= 11 is 8.20. The Bertz CT molecular complexity index is 732. The Morgan fingerprint density at radius 3 is 2.44 bits per heavy atom. The summed E-state index contributed by atoms with van der Waals surface area (Å²) in [5.41, 5.74) is 1.56. The zero-order chi connectivity index (χ0) is 12.9. The summed E-state index contributed by atoms with van der Waals surface area (Å²) in [4.78, 5) is 0. The molecule has 0 saturated heterocycles. The fourth-order valence-corrected chi connectivity index (χ4v) is 4.18. The minimum absolute atomic E-state index is 0.160. The molecule has 0 bridgehead atoms. The van der Waals surface area contributed by atoms with Gasteiger partial charge in [-0.3, -0.25) is 0 Å². The molecule has 0 atom stereocenters. The third-order valence-corrected chi connectivity index (χ3v) is 4.80. The predicted molar refractivity (Wildman–Crippen MR) is 83.0 cm³/mol. The van der Waals surface area contributed by atoms with Crippen molar-refractivity contribution in [3.8, 4) is 0 Å². The van der Waals surface area contributed by atoms with E-state index >= 15 is 0 Å². The Balaban J connectivity index is 2.51. The van der Waals surface area contributed by atoms with Crippen LogP contribution in [0.5, 0.6) is 0 Å². The Kier molecular flexibility index (Phi) is 2.65. The second-order valence-corrected chi connectivity index (χ2v) is 7.11. The average molecular weight is 275 g/mol. The molecular weight excluding hydrogens is 260 g/mol. The van der Waals surface area contributed by atoms with Crippen LogP contribution in [-0.2, 0) is 5.41 Å². The second-order valence-electron chi connectivity index (χ2n) is 5.65. The molecule has 0 nitrogen and oxygen atoms in total. The normalized spacial score (nSPS) is 12.4. The van der Waals surface area contributed by atoms with Crippen LogP contribution in [-0.4, -0.2) is 0 Å². The Hall–Kier alpha value is -1.05.